The zero-order chi connectivity index (χ0) is 16.2. The van der Waals surface area contributed by atoms with E-state index in [1.807, 2.05) is 30.3 Å². The zero-order valence-electron chi connectivity index (χ0n) is 13.9. The number of nitrogens with one attached hydrogen (secondary N) is 2. The van der Waals surface area contributed by atoms with Crippen molar-refractivity contribution in [2.75, 3.05) is 0 Å². The van der Waals surface area contributed by atoms with E-state index in [-0.39, 0.29) is 16.7 Å². The van der Waals surface area contributed by atoms with Crippen molar-refractivity contribution in [2.45, 2.75) is 40.0 Å². The fourth-order valence-corrected chi connectivity index (χ4v) is 4.47. The second kappa shape index (κ2) is 4.70. The summed E-state index contributed by atoms with van der Waals surface area (Å²) in [6, 6.07) is 9.76. The highest BCUT2D eigenvalue weighted by Gasteiger charge is 2.60. The molecule has 1 heterocycles. The van der Waals surface area contributed by atoms with Gasteiger partial charge in [-0.15, -0.1) is 0 Å². The Morgan fingerprint density at radius 3 is 2.74 bits per heavy atom. The van der Waals surface area contributed by atoms with E-state index in [1.54, 1.807) is 0 Å². The summed E-state index contributed by atoms with van der Waals surface area (Å²) < 4.78 is 0. The van der Waals surface area contributed by atoms with E-state index in [1.165, 1.54) is 12.8 Å². The number of amides is 1. The van der Waals surface area contributed by atoms with Crippen LogP contribution in [0.2, 0.25) is 0 Å². The summed E-state index contributed by atoms with van der Waals surface area (Å²) >= 11 is 0. The van der Waals surface area contributed by atoms with Crippen LogP contribution in [-0.4, -0.2) is 16.6 Å². The first-order valence-corrected chi connectivity index (χ1v) is 8.37. The molecule has 2 bridgehead atoms. The zero-order valence-corrected chi connectivity index (χ0v) is 13.9. The molecule has 120 valence electrons. The van der Waals surface area contributed by atoms with Gasteiger partial charge in [0.15, 0.2) is 0 Å². The Kier molecular flexibility index (Phi) is 2.96. The van der Waals surface area contributed by atoms with Crippen LogP contribution < -0.4 is 5.43 Å². The van der Waals surface area contributed by atoms with Gasteiger partial charge >= 0.3 is 0 Å². The summed E-state index contributed by atoms with van der Waals surface area (Å²) in [4.78, 5) is 15.5. The number of para-hydroxylation sites is 1. The molecule has 2 fully saturated rings. The normalized spacial score (nSPS) is 30.2. The van der Waals surface area contributed by atoms with Crippen molar-refractivity contribution in [1.82, 2.24) is 10.4 Å². The molecule has 0 spiro atoms. The molecular formula is C19H23N3O. The predicted molar refractivity (Wildman–Crippen MR) is 92.4 cm³/mol. The standard InChI is InChI=1S/C19H23N3O/c1-18(2)13-8-9-19(18,3)16(11-13)21-22-17(23)15-10-12-6-4-5-7-14(12)20-15/h4-7,10,13,20H,8-9,11H2,1-3H3,(H,22,23)/b21-16+/t13-,19-/m1/s1. The second-order valence-corrected chi connectivity index (χ2v) is 7.76. The van der Waals surface area contributed by atoms with Gasteiger partial charge < -0.3 is 4.98 Å². The number of hydrazone groups is 1. The van der Waals surface area contributed by atoms with Crippen molar-refractivity contribution in [2.24, 2.45) is 21.8 Å². The Balaban J connectivity index is 1.56. The molecule has 1 amide bonds. The van der Waals surface area contributed by atoms with Crippen molar-refractivity contribution in [3.63, 3.8) is 0 Å². The number of hydrogen-bond donors (Lipinski definition) is 2. The summed E-state index contributed by atoms with van der Waals surface area (Å²) in [5.74, 6) is 0.522. The Morgan fingerprint density at radius 2 is 2.09 bits per heavy atom. The number of H-pyrrole nitrogens is 1. The molecule has 2 atom stereocenters. The van der Waals surface area contributed by atoms with Gasteiger partial charge in [-0.1, -0.05) is 39.0 Å². The minimum Gasteiger partial charge on any atom is -0.350 e. The number of nitrogens with zero attached hydrogens (tertiary/aromatic N) is 1. The molecule has 4 nitrogen and oxygen atoms in total. The molecule has 23 heavy (non-hydrogen) atoms. The molecule has 4 rings (SSSR count). The first-order chi connectivity index (χ1) is 10.9. The molecule has 0 aliphatic heterocycles. The van der Waals surface area contributed by atoms with Crippen LogP contribution in [0, 0.1) is 16.7 Å². The van der Waals surface area contributed by atoms with E-state index >= 15 is 0 Å². The van der Waals surface area contributed by atoms with Crippen molar-refractivity contribution >= 4 is 22.5 Å². The maximum atomic E-state index is 12.4. The molecule has 1 aromatic heterocycles. The Labute approximate surface area is 136 Å². The van der Waals surface area contributed by atoms with Crippen LogP contribution in [0.25, 0.3) is 10.9 Å². The molecule has 4 heteroatoms. The highest BCUT2D eigenvalue weighted by molar-refractivity contribution is 6.00. The molecule has 1 aromatic carbocycles. The lowest BCUT2D eigenvalue weighted by atomic mass is 9.70. The van der Waals surface area contributed by atoms with Crippen LogP contribution in [0.1, 0.15) is 50.5 Å². The molecule has 0 radical (unpaired) electrons. The maximum absolute atomic E-state index is 12.4. The number of carbonyl (C=O) groups excluding carboxylic acids is 1. The average Bonchev–Trinajstić information content (AvgIpc) is 3.11. The number of aromatic amines is 1. The number of benzene rings is 1. The van der Waals surface area contributed by atoms with Crippen LogP contribution in [0.15, 0.2) is 35.4 Å². The minimum atomic E-state index is -0.169. The van der Waals surface area contributed by atoms with Crippen molar-refractivity contribution in [1.29, 1.82) is 0 Å². The van der Waals surface area contributed by atoms with Crippen molar-refractivity contribution < 1.29 is 4.79 Å². The third-order valence-corrected chi connectivity index (χ3v) is 6.58. The fourth-order valence-electron chi connectivity index (χ4n) is 4.47. The summed E-state index contributed by atoms with van der Waals surface area (Å²) in [5, 5.41) is 5.56. The lowest BCUT2D eigenvalue weighted by molar-refractivity contribution is 0.0949. The van der Waals surface area contributed by atoms with Crippen molar-refractivity contribution in [3.05, 3.63) is 36.0 Å². The van der Waals surface area contributed by atoms with E-state index in [9.17, 15) is 4.79 Å². The number of rotatable bonds is 2. The lowest BCUT2D eigenvalue weighted by Gasteiger charge is -2.34. The van der Waals surface area contributed by atoms with E-state index in [2.05, 4.69) is 36.3 Å². The Morgan fingerprint density at radius 1 is 1.30 bits per heavy atom. The highest BCUT2D eigenvalue weighted by atomic mass is 16.2. The van der Waals surface area contributed by atoms with Crippen LogP contribution in [0.4, 0.5) is 0 Å². The van der Waals surface area contributed by atoms with Gasteiger partial charge in [0.25, 0.3) is 5.91 Å². The third-order valence-electron chi connectivity index (χ3n) is 6.58. The first kappa shape index (κ1) is 14.5. The Bertz CT molecular complexity index is 784. The van der Waals surface area contributed by atoms with E-state index < -0.39 is 0 Å². The third kappa shape index (κ3) is 1.97. The quantitative estimate of drug-likeness (QED) is 0.806. The van der Waals surface area contributed by atoms with Gasteiger partial charge in [0, 0.05) is 22.0 Å². The second-order valence-electron chi connectivity index (χ2n) is 7.76. The predicted octanol–water partition coefficient (Wildman–Crippen LogP) is 4.10. The molecule has 2 N–H and O–H groups in total. The van der Waals surface area contributed by atoms with E-state index in [0.29, 0.717) is 11.6 Å². The van der Waals surface area contributed by atoms with E-state index in [4.69, 9.17) is 0 Å². The Hall–Kier alpha value is -2.10. The highest BCUT2D eigenvalue weighted by Crippen LogP contribution is 2.63. The van der Waals surface area contributed by atoms with Gasteiger partial charge in [-0.2, -0.15) is 5.10 Å². The topological polar surface area (TPSA) is 57.2 Å². The van der Waals surface area contributed by atoms with Crippen LogP contribution in [0.3, 0.4) is 0 Å². The smallest absolute Gasteiger partial charge is 0.287 e. The molecule has 2 aliphatic carbocycles. The molecule has 2 saturated carbocycles. The van der Waals surface area contributed by atoms with Gasteiger partial charge in [0.2, 0.25) is 0 Å². The molecule has 0 saturated heterocycles. The van der Waals surface area contributed by atoms with Crippen LogP contribution in [-0.2, 0) is 0 Å². The molecule has 0 unspecified atom stereocenters. The number of carbonyl (C=O) groups is 1. The van der Waals surface area contributed by atoms with Crippen molar-refractivity contribution in [3.8, 4) is 0 Å². The average molecular weight is 309 g/mol. The van der Waals surface area contributed by atoms with E-state index in [0.717, 1.165) is 23.0 Å². The number of fused-ring (bicyclic) bond motifs is 3. The maximum Gasteiger partial charge on any atom is 0.287 e. The van der Waals surface area contributed by atoms with Gasteiger partial charge in [-0.3, -0.25) is 4.79 Å². The molecular weight excluding hydrogens is 286 g/mol. The van der Waals surface area contributed by atoms with Gasteiger partial charge in [0.05, 0.1) is 0 Å². The van der Waals surface area contributed by atoms with Gasteiger partial charge in [-0.05, 0) is 42.7 Å². The van der Waals surface area contributed by atoms with Crippen LogP contribution >= 0.6 is 0 Å². The largest absolute Gasteiger partial charge is 0.350 e. The minimum absolute atomic E-state index is 0.116. The summed E-state index contributed by atoms with van der Waals surface area (Å²) in [6.45, 7) is 6.98. The summed E-state index contributed by atoms with van der Waals surface area (Å²) in [6.07, 6.45) is 3.46. The first-order valence-electron chi connectivity index (χ1n) is 8.37. The molecule has 2 aliphatic rings. The van der Waals surface area contributed by atoms with Gasteiger partial charge in [0.1, 0.15) is 5.69 Å². The number of hydrogen-bond acceptors (Lipinski definition) is 2. The van der Waals surface area contributed by atoms with Gasteiger partial charge in [-0.25, -0.2) is 5.43 Å². The monoisotopic (exact) mass is 309 g/mol. The lowest BCUT2D eigenvalue weighted by Crippen LogP contribution is -2.34. The van der Waals surface area contributed by atoms with Crippen LogP contribution in [0.5, 0.6) is 0 Å². The summed E-state index contributed by atoms with van der Waals surface area (Å²) in [5.41, 5.74) is 5.84. The molecule has 2 aromatic rings. The summed E-state index contributed by atoms with van der Waals surface area (Å²) in [7, 11) is 0. The fraction of sp³-hybridized carbons (Fsp3) is 0.474. The SMILES string of the molecule is CC1(C)[C@@H]2CC[C@]1(C)/C(=N/NC(=O)c1cc3ccccc3[nH]1)C2. The number of aromatic nitrogens is 1.